The van der Waals surface area contributed by atoms with Gasteiger partial charge in [0.2, 0.25) is 0 Å². The van der Waals surface area contributed by atoms with Gasteiger partial charge >= 0.3 is 5.97 Å². The first-order valence-corrected chi connectivity index (χ1v) is 8.11. The van der Waals surface area contributed by atoms with E-state index in [1.807, 2.05) is 13.8 Å². The van der Waals surface area contributed by atoms with Crippen LogP contribution in [-0.2, 0) is 9.53 Å². The van der Waals surface area contributed by atoms with Crippen LogP contribution < -0.4 is 5.32 Å². The van der Waals surface area contributed by atoms with Crippen LogP contribution in [0.25, 0.3) is 0 Å². The van der Waals surface area contributed by atoms with Crippen molar-refractivity contribution in [2.24, 2.45) is 0 Å². The third-order valence-corrected chi connectivity index (χ3v) is 4.38. The maximum atomic E-state index is 12.0. The number of carbonyl (C=O) groups excluding carboxylic acids is 1. The monoisotopic (exact) mass is 283 g/mol. The molecule has 0 bridgehead atoms. The van der Waals surface area contributed by atoms with Crippen molar-refractivity contribution >= 4 is 5.97 Å². The predicted octanol–water partition coefficient (Wildman–Crippen LogP) is 0.698. The van der Waals surface area contributed by atoms with Gasteiger partial charge in [-0.05, 0) is 32.9 Å². The van der Waals surface area contributed by atoms with Crippen molar-refractivity contribution in [2.45, 2.75) is 45.2 Å². The first-order valence-electron chi connectivity index (χ1n) is 8.11. The Morgan fingerprint density at radius 2 is 2.15 bits per heavy atom. The van der Waals surface area contributed by atoms with Crippen molar-refractivity contribution in [2.75, 3.05) is 45.9 Å². The van der Waals surface area contributed by atoms with Gasteiger partial charge < -0.3 is 10.1 Å². The second-order valence-corrected chi connectivity index (χ2v) is 5.81. The van der Waals surface area contributed by atoms with Crippen LogP contribution in [0.4, 0.5) is 0 Å². The largest absolute Gasteiger partial charge is 0.465 e. The molecule has 2 aliphatic rings. The summed E-state index contributed by atoms with van der Waals surface area (Å²) in [7, 11) is 0. The summed E-state index contributed by atoms with van der Waals surface area (Å²) in [4.78, 5) is 17.0. The standard InChI is InChI=1S/C15H29N3O2/c1-3-16-14(15(19)20-4-2)12-17-9-10-18-8-6-5-7-13(18)11-17/h13-14,16H,3-12H2,1-2H3. The first kappa shape index (κ1) is 15.7. The number of esters is 1. The minimum atomic E-state index is -0.185. The van der Waals surface area contributed by atoms with Gasteiger partial charge in [-0.3, -0.25) is 14.6 Å². The van der Waals surface area contributed by atoms with Crippen molar-refractivity contribution in [3.8, 4) is 0 Å². The summed E-state index contributed by atoms with van der Waals surface area (Å²) in [6, 6.07) is 0.511. The lowest BCUT2D eigenvalue weighted by molar-refractivity contribution is -0.146. The lowest BCUT2D eigenvalue weighted by atomic mass is 9.99. The summed E-state index contributed by atoms with van der Waals surface area (Å²) in [6.07, 6.45) is 4.00. The normalized spacial score (nSPS) is 26.0. The molecule has 0 radical (unpaired) electrons. The van der Waals surface area contributed by atoms with E-state index in [1.54, 1.807) is 0 Å². The van der Waals surface area contributed by atoms with Crippen LogP contribution in [0.1, 0.15) is 33.1 Å². The zero-order valence-corrected chi connectivity index (χ0v) is 12.9. The van der Waals surface area contributed by atoms with Gasteiger partial charge in [-0.1, -0.05) is 13.3 Å². The topological polar surface area (TPSA) is 44.8 Å². The number of hydrogen-bond acceptors (Lipinski definition) is 5. The number of piperazine rings is 1. The number of carbonyl (C=O) groups is 1. The van der Waals surface area contributed by atoms with Crippen LogP contribution in [0.5, 0.6) is 0 Å². The first-order chi connectivity index (χ1) is 9.74. The number of nitrogens with zero attached hydrogens (tertiary/aromatic N) is 2. The Labute approximate surface area is 122 Å². The highest BCUT2D eigenvalue weighted by Crippen LogP contribution is 2.21. The fourth-order valence-corrected chi connectivity index (χ4v) is 3.36. The zero-order chi connectivity index (χ0) is 14.4. The minimum absolute atomic E-state index is 0.111. The lowest BCUT2D eigenvalue weighted by Crippen LogP contribution is -2.58. The molecule has 1 N–H and O–H groups in total. The Kier molecular flexibility index (Phi) is 6.26. The van der Waals surface area contributed by atoms with Gasteiger partial charge in [-0.2, -0.15) is 0 Å². The van der Waals surface area contributed by atoms with Gasteiger partial charge in [-0.25, -0.2) is 0 Å². The maximum absolute atomic E-state index is 12.0. The zero-order valence-electron chi connectivity index (χ0n) is 12.9. The van der Waals surface area contributed by atoms with E-state index in [-0.39, 0.29) is 12.0 Å². The summed E-state index contributed by atoms with van der Waals surface area (Å²) in [5, 5.41) is 3.26. The summed E-state index contributed by atoms with van der Waals surface area (Å²) in [5.41, 5.74) is 0. The lowest BCUT2D eigenvalue weighted by Gasteiger charge is -2.44. The minimum Gasteiger partial charge on any atom is -0.465 e. The molecule has 0 aromatic rings. The van der Waals surface area contributed by atoms with Crippen molar-refractivity contribution in [3.05, 3.63) is 0 Å². The molecule has 2 fully saturated rings. The number of rotatable bonds is 6. The Bertz CT molecular complexity index is 311. The average molecular weight is 283 g/mol. The molecular formula is C15H29N3O2. The van der Waals surface area contributed by atoms with Crippen LogP contribution >= 0.6 is 0 Å². The number of nitrogens with one attached hydrogen (secondary N) is 1. The highest BCUT2D eigenvalue weighted by Gasteiger charge is 2.31. The molecule has 2 aliphatic heterocycles. The highest BCUT2D eigenvalue weighted by molar-refractivity contribution is 5.76. The SMILES string of the molecule is CCNC(CN1CCN2CCCCC2C1)C(=O)OCC. The second-order valence-electron chi connectivity index (χ2n) is 5.81. The molecule has 5 nitrogen and oxygen atoms in total. The molecule has 0 aromatic carbocycles. The number of likely N-dealkylation sites (N-methyl/N-ethyl adjacent to an activating group) is 1. The van der Waals surface area contributed by atoms with Crippen LogP contribution in [0, 0.1) is 0 Å². The molecule has 5 heteroatoms. The molecule has 116 valence electrons. The molecule has 0 aliphatic carbocycles. The Balaban J connectivity index is 1.85. The molecule has 0 amide bonds. The molecule has 2 unspecified atom stereocenters. The molecule has 0 aromatic heterocycles. The van der Waals surface area contributed by atoms with Crippen molar-refractivity contribution in [3.63, 3.8) is 0 Å². The van der Waals surface area contributed by atoms with E-state index in [2.05, 4.69) is 15.1 Å². The molecule has 2 heterocycles. The smallest absolute Gasteiger partial charge is 0.324 e. The number of piperidine rings is 1. The molecule has 2 saturated heterocycles. The number of ether oxygens (including phenoxy) is 1. The molecule has 0 spiro atoms. The van der Waals surface area contributed by atoms with Gasteiger partial charge in [0.25, 0.3) is 0 Å². The fourth-order valence-electron chi connectivity index (χ4n) is 3.36. The molecule has 20 heavy (non-hydrogen) atoms. The fraction of sp³-hybridized carbons (Fsp3) is 0.933. The molecular weight excluding hydrogens is 254 g/mol. The van der Waals surface area contributed by atoms with Crippen LogP contribution in [0.15, 0.2) is 0 Å². The Morgan fingerprint density at radius 3 is 2.90 bits per heavy atom. The summed E-state index contributed by atoms with van der Waals surface area (Å²) in [5.74, 6) is -0.111. The molecule has 2 rings (SSSR count). The van der Waals surface area contributed by atoms with E-state index in [9.17, 15) is 4.79 Å². The highest BCUT2D eigenvalue weighted by atomic mass is 16.5. The van der Waals surface area contributed by atoms with E-state index in [1.165, 1.54) is 25.8 Å². The van der Waals surface area contributed by atoms with Crippen LogP contribution in [-0.4, -0.2) is 73.7 Å². The third kappa shape index (κ3) is 4.17. The van der Waals surface area contributed by atoms with Crippen LogP contribution in [0.3, 0.4) is 0 Å². The molecule has 0 saturated carbocycles. The summed E-state index contributed by atoms with van der Waals surface area (Å²) < 4.78 is 5.17. The number of hydrogen-bond donors (Lipinski definition) is 1. The third-order valence-electron chi connectivity index (χ3n) is 4.38. The van der Waals surface area contributed by atoms with E-state index in [4.69, 9.17) is 4.74 Å². The van der Waals surface area contributed by atoms with Gasteiger partial charge in [0, 0.05) is 32.2 Å². The van der Waals surface area contributed by atoms with Gasteiger partial charge in [0.05, 0.1) is 6.61 Å². The Morgan fingerprint density at radius 1 is 1.30 bits per heavy atom. The van der Waals surface area contributed by atoms with Gasteiger partial charge in [0.15, 0.2) is 0 Å². The van der Waals surface area contributed by atoms with Gasteiger partial charge in [0.1, 0.15) is 6.04 Å². The Hall–Kier alpha value is -0.650. The number of fused-ring (bicyclic) bond motifs is 1. The van der Waals surface area contributed by atoms with E-state index in [0.29, 0.717) is 12.6 Å². The van der Waals surface area contributed by atoms with E-state index in [0.717, 1.165) is 32.7 Å². The summed E-state index contributed by atoms with van der Waals surface area (Å²) in [6.45, 7) is 10.5. The molecule has 2 atom stereocenters. The van der Waals surface area contributed by atoms with Gasteiger partial charge in [-0.15, -0.1) is 0 Å². The second kappa shape index (κ2) is 7.96. The van der Waals surface area contributed by atoms with Crippen LogP contribution in [0.2, 0.25) is 0 Å². The predicted molar refractivity (Wildman–Crippen MR) is 79.7 cm³/mol. The summed E-state index contributed by atoms with van der Waals surface area (Å²) >= 11 is 0. The van der Waals surface area contributed by atoms with Crippen molar-refractivity contribution in [1.29, 1.82) is 0 Å². The van der Waals surface area contributed by atoms with E-state index >= 15 is 0 Å². The average Bonchev–Trinajstić information content (AvgIpc) is 2.47. The van der Waals surface area contributed by atoms with Crippen molar-refractivity contribution < 1.29 is 9.53 Å². The quantitative estimate of drug-likeness (QED) is 0.727. The van der Waals surface area contributed by atoms with Crippen molar-refractivity contribution in [1.82, 2.24) is 15.1 Å². The maximum Gasteiger partial charge on any atom is 0.324 e. The van der Waals surface area contributed by atoms with E-state index < -0.39 is 0 Å².